The number of nitrogens with one attached hydrogen (secondary N) is 1. The average molecular weight is 399 g/mol. The Hall–Kier alpha value is -3.12. The molecule has 1 unspecified atom stereocenters. The first-order valence-electron chi connectivity index (χ1n) is 9.01. The standard InChI is InChI=1S/C23H20F3NO2/c1-22(29,19-12-10-17(11-13-19)16-6-3-2-4-7-16)15-27-21(28)18-8-5-9-20(14-18)23(24,25)26/h2-14,29H,15H2,1H3,(H,27,28). The van der Waals surface area contributed by atoms with E-state index in [9.17, 15) is 23.1 Å². The molecular weight excluding hydrogens is 379 g/mol. The molecule has 3 aromatic carbocycles. The second kappa shape index (κ2) is 8.09. The van der Waals surface area contributed by atoms with Gasteiger partial charge in [0, 0.05) is 5.56 Å². The molecule has 1 amide bonds. The summed E-state index contributed by atoms with van der Waals surface area (Å²) in [4.78, 5) is 12.3. The molecule has 6 heteroatoms. The van der Waals surface area contributed by atoms with E-state index < -0.39 is 23.2 Å². The van der Waals surface area contributed by atoms with E-state index in [1.54, 1.807) is 12.1 Å². The van der Waals surface area contributed by atoms with Crippen LogP contribution in [0.2, 0.25) is 0 Å². The van der Waals surface area contributed by atoms with Crippen molar-refractivity contribution < 1.29 is 23.1 Å². The van der Waals surface area contributed by atoms with Crippen molar-refractivity contribution in [2.45, 2.75) is 18.7 Å². The summed E-state index contributed by atoms with van der Waals surface area (Å²) in [5.74, 6) is -0.683. The third kappa shape index (κ3) is 5.03. The monoisotopic (exact) mass is 399 g/mol. The van der Waals surface area contributed by atoms with E-state index in [0.717, 1.165) is 23.3 Å². The van der Waals surface area contributed by atoms with E-state index in [4.69, 9.17) is 0 Å². The van der Waals surface area contributed by atoms with Crippen molar-refractivity contribution >= 4 is 5.91 Å². The van der Waals surface area contributed by atoms with Crippen molar-refractivity contribution in [3.05, 3.63) is 95.6 Å². The molecule has 0 aliphatic carbocycles. The molecule has 0 saturated carbocycles. The smallest absolute Gasteiger partial charge is 0.384 e. The predicted molar refractivity (Wildman–Crippen MR) is 105 cm³/mol. The van der Waals surface area contributed by atoms with E-state index in [1.807, 2.05) is 42.5 Å². The van der Waals surface area contributed by atoms with Crippen LogP contribution in [-0.4, -0.2) is 17.6 Å². The Bertz CT molecular complexity index is 981. The quantitative estimate of drug-likeness (QED) is 0.634. The highest BCUT2D eigenvalue weighted by Gasteiger charge is 2.31. The summed E-state index contributed by atoms with van der Waals surface area (Å²) in [6.45, 7) is 1.39. The fraction of sp³-hybridized carbons (Fsp3) is 0.174. The Labute approximate surface area is 166 Å². The lowest BCUT2D eigenvalue weighted by atomic mass is 9.93. The van der Waals surface area contributed by atoms with Crippen LogP contribution in [0, 0.1) is 0 Å². The summed E-state index contributed by atoms with van der Waals surface area (Å²) >= 11 is 0. The second-order valence-corrected chi connectivity index (χ2v) is 6.98. The first-order valence-corrected chi connectivity index (χ1v) is 9.01. The van der Waals surface area contributed by atoms with Crippen molar-refractivity contribution in [2.24, 2.45) is 0 Å². The minimum Gasteiger partial charge on any atom is -0.384 e. The first-order chi connectivity index (χ1) is 13.7. The van der Waals surface area contributed by atoms with Gasteiger partial charge < -0.3 is 10.4 Å². The number of carbonyl (C=O) groups excluding carboxylic acids is 1. The lowest BCUT2D eigenvalue weighted by Crippen LogP contribution is -2.38. The average Bonchev–Trinajstić information content (AvgIpc) is 2.72. The minimum atomic E-state index is -4.53. The van der Waals surface area contributed by atoms with Gasteiger partial charge in [-0.05, 0) is 41.8 Å². The molecule has 3 rings (SSSR count). The highest BCUT2D eigenvalue weighted by atomic mass is 19.4. The fourth-order valence-corrected chi connectivity index (χ4v) is 2.95. The Balaban J connectivity index is 1.69. The van der Waals surface area contributed by atoms with Gasteiger partial charge in [0.15, 0.2) is 0 Å². The normalized spacial score (nSPS) is 13.6. The second-order valence-electron chi connectivity index (χ2n) is 6.98. The van der Waals surface area contributed by atoms with Gasteiger partial charge in [-0.2, -0.15) is 13.2 Å². The van der Waals surface area contributed by atoms with Crippen molar-refractivity contribution in [1.82, 2.24) is 5.32 Å². The zero-order valence-corrected chi connectivity index (χ0v) is 15.7. The molecule has 0 radical (unpaired) electrons. The predicted octanol–water partition coefficient (Wildman–Crippen LogP) is 5.01. The van der Waals surface area contributed by atoms with Crippen molar-refractivity contribution in [3.63, 3.8) is 0 Å². The lowest BCUT2D eigenvalue weighted by Gasteiger charge is -2.24. The Morgan fingerprint density at radius 2 is 1.48 bits per heavy atom. The van der Waals surface area contributed by atoms with Gasteiger partial charge >= 0.3 is 6.18 Å². The van der Waals surface area contributed by atoms with Crippen LogP contribution in [-0.2, 0) is 11.8 Å². The van der Waals surface area contributed by atoms with Crippen LogP contribution in [0.4, 0.5) is 13.2 Å². The summed E-state index contributed by atoms with van der Waals surface area (Å²) in [5.41, 5.74) is 0.214. The number of alkyl halides is 3. The van der Waals surface area contributed by atoms with Gasteiger partial charge in [0.2, 0.25) is 0 Å². The third-order valence-corrected chi connectivity index (χ3v) is 4.66. The Kier molecular flexibility index (Phi) is 5.75. The van der Waals surface area contributed by atoms with Gasteiger partial charge in [-0.1, -0.05) is 60.7 Å². The minimum absolute atomic E-state index is 0.116. The van der Waals surface area contributed by atoms with Crippen molar-refractivity contribution in [2.75, 3.05) is 6.54 Å². The molecule has 3 aromatic rings. The van der Waals surface area contributed by atoms with Crippen LogP contribution in [0.3, 0.4) is 0 Å². The number of aliphatic hydroxyl groups is 1. The molecule has 0 saturated heterocycles. The van der Waals surface area contributed by atoms with Crippen LogP contribution in [0.15, 0.2) is 78.9 Å². The molecule has 1 atom stereocenters. The molecule has 0 spiro atoms. The molecular formula is C23H20F3NO2. The number of hydrogen-bond donors (Lipinski definition) is 2. The van der Waals surface area contributed by atoms with Crippen LogP contribution >= 0.6 is 0 Å². The van der Waals surface area contributed by atoms with Gasteiger partial charge in [0.1, 0.15) is 5.60 Å². The Morgan fingerprint density at radius 3 is 2.10 bits per heavy atom. The Morgan fingerprint density at radius 1 is 0.862 bits per heavy atom. The number of halogens is 3. The molecule has 0 heterocycles. The van der Waals surface area contributed by atoms with Gasteiger partial charge in [-0.3, -0.25) is 4.79 Å². The molecule has 0 bridgehead atoms. The van der Waals surface area contributed by atoms with E-state index in [-0.39, 0.29) is 12.1 Å². The third-order valence-electron chi connectivity index (χ3n) is 4.66. The van der Waals surface area contributed by atoms with E-state index in [1.165, 1.54) is 19.1 Å². The molecule has 0 fully saturated rings. The molecule has 150 valence electrons. The van der Waals surface area contributed by atoms with Crippen LogP contribution in [0.1, 0.15) is 28.4 Å². The number of amides is 1. The van der Waals surface area contributed by atoms with Gasteiger partial charge in [0.05, 0.1) is 12.1 Å². The van der Waals surface area contributed by atoms with Gasteiger partial charge in [-0.25, -0.2) is 0 Å². The zero-order chi connectivity index (χ0) is 21.1. The number of benzene rings is 3. The number of hydrogen-bond acceptors (Lipinski definition) is 2. The molecule has 29 heavy (non-hydrogen) atoms. The van der Waals surface area contributed by atoms with Crippen LogP contribution < -0.4 is 5.32 Å². The molecule has 2 N–H and O–H groups in total. The summed E-state index contributed by atoms with van der Waals surface area (Å²) in [6, 6.07) is 21.2. The van der Waals surface area contributed by atoms with E-state index in [0.29, 0.717) is 5.56 Å². The summed E-state index contributed by atoms with van der Waals surface area (Å²) in [7, 11) is 0. The van der Waals surface area contributed by atoms with Crippen molar-refractivity contribution in [1.29, 1.82) is 0 Å². The molecule has 0 aromatic heterocycles. The highest BCUT2D eigenvalue weighted by Crippen LogP contribution is 2.29. The maximum absolute atomic E-state index is 12.8. The summed E-state index contributed by atoms with van der Waals surface area (Å²) in [5, 5.41) is 13.2. The van der Waals surface area contributed by atoms with E-state index in [2.05, 4.69) is 5.32 Å². The lowest BCUT2D eigenvalue weighted by molar-refractivity contribution is -0.137. The number of carbonyl (C=O) groups is 1. The van der Waals surface area contributed by atoms with Gasteiger partial charge in [-0.15, -0.1) is 0 Å². The first kappa shape index (κ1) is 20.6. The highest BCUT2D eigenvalue weighted by molar-refractivity contribution is 5.94. The van der Waals surface area contributed by atoms with Crippen LogP contribution in [0.25, 0.3) is 11.1 Å². The van der Waals surface area contributed by atoms with E-state index >= 15 is 0 Å². The molecule has 0 aliphatic heterocycles. The van der Waals surface area contributed by atoms with Gasteiger partial charge in [0.25, 0.3) is 5.91 Å². The summed E-state index contributed by atoms with van der Waals surface area (Å²) in [6.07, 6.45) is -4.53. The zero-order valence-electron chi connectivity index (χ0n) is 15.7. The van der Waals surface area contributed by atoms with Crippen molar-refractivity contribution in [3.8, 4) is 11.1 Å². The largest absolute Gasteiger partial charge is 0.416 e. The maximum Gasteiger partial charge on any atom is 0.416 e. The number of rotatable bonds is 5. The maximum atomic E-state index is 12.8. The molecule has 0 aliphatic rings. The topological polar surface area (TPSA) is 49.3 Å². The summed E-state index contributed by atoms with van der Waals surface area (Å²) < 4.78 is 38.4. The SMILES string of the molecule is CC(O)(CNC(=O)c1cccc(C(F)(F)F)c1)c1ccc(-c2ccccc2)cc1. The fourth-order valence-electron chi connectivity index (χ4n) is 2.95. The van der Waals surface area contributed by atoms with Crippen LogP contribution in [0.5, 0.6) is 0 Å². The molecule has 3 nitrogen and oxygen atoms in total.